The second kappa shape index (κ2) is 16.1. The standard InChI is InChI=1S/C36H57N7O7/c1-34-11-8-26(44)20-25(34)6-7-27-28(34)9-12-35(2)29(27)10-13-36(35,48)30-22-43(40-39-30)15-5-14-38-21-32(46)42(17-19-50-4)24-33(47)41(16-18-49-3)23-31(37)45/h20,22,27-29,38,48H,5-19,21,23-24H2,1-4H3,(H2,37,45)/p+1. The number of carbonyl (C=O) groups is 4. The highest BCUT2D eigenvalue weighted by Gasteiger charge is 2.65. The van der Waals surface area contributed by atoms with E-state index in [-0.39, 0.29) is 74.4 Å². The molecule has 3 fully saturated rings. The molecular weight excluding hydrogens is 642 g/mol. The summed E-state index contributed by atoms with van der Waals surface area (Å²) in [5.74, 6) is 0.785. The molecule has 0 aromatic carbocycles. The van der Waals surface area contributed by atoms with Gasteiger partial charge in [-0.15, -0.1) is 5.10 Å². The number of nitrogens with zero attached hydrogens (tertiary/aromatic N) is 5. The van der Waals surface area contributed by atoms with Gasteiger partial charge in [-0.25, -0.2) is 4.79 Å². The molecule has 14 heteroatoms. The number of allylic oxidation sites excluding steroid dienone is 1. The first-order valence-electron chi connectivity index (χ1n) is 18.3. The lowest BCUT2D eigenvalue weighted by molar-refractivity contribution is -0.306. The molecule has 1 aromatic rings. The van der Waals surface area contributed by atoms with Crippen molar-refractivity contribution in [3.05, 3.63) is 23.5 Å². The Balaban J connectivity index is 1.12. The third-order valence-corrected chi connectivity index (χ3v) is 12.6. The molecule has 0 radical (unpaired) electrons. The van der Waals surface area contributed by atoms with Crippen molar-refractivity contribution in [3.63, 3.8) is 0 Å². The average molecular weight is 701 g/mol. The minimum atomic E-state index is -1.03. The van der Waals surface area contributed by atoms with E-state index in [1.165, 1.54) is 29.6 Å². The molecule has 6 unspecified atom stereocenters. The fourth-order valence-corrected chi connectivity index (χ4v) is 9.73. The number of quaternary nitrogens is 1. The highest BCUT2D eigenvalue weighted by Crippen LogP contribution is 2.69. The second-order valence-electron chi connectivity index (χ2n) is 15.4. The molecule has 0 aliphatic heterocycles. The van der Waals surface area contributed by atoms with E-state index in [1.54, 1.807) is 4.68 Å². The summed E-state index contributed by atoms with van der Waals surface area (Å²) in [5, 5.41) is 24.4. The van der Waals surface area contributed by atoms with E-state index in [9.17, 15) is 24.3 Å². The molecule has 6 atom stereocenters. The first kappa shape index (κ1) is 38.2. The molecule has 3 amide bonds. The first-order chi connectivity index (χ1) is 23.9. The summed E-state index contributed by atoms with van der Waals surface area (Å²) in [5.41, 5.74) is 4.16. The van der Waals surface area contributed by atoms with Gasteiger partial charge in [0, 0.05) is 45.7 Å². The second-order valence-corrected chi connectivity index (χ2v) is 15.4. The van der Waals surface area contributed by atoms with Gasteiger partial charge in [0.25, 0.3) is 0 Å². The molecule has 4 aliphatic rings. The molecular formula is C36H58N7O7+. The van der Waals surface area contributed by atoms with Crippen LogP contribution in [0, 0.1) is 28.6 Å². The summed E-state index contributed by atoms with van der Waals surface area (Å²) in [7, 11) is 3.05. The fraction of sp³-hybridized carbons (Fsp3) is 0.778. The monoisotopic (exact) mass is 700 g/mol. The molecule has 0 spiro atoms. The van der Waals surface area contributed by atoms with Crippen LogP contribution < -0.4 is 11.1 Å². The zero-order chi connectivity index (χ0) is 36.1. The van der Waals surface area contributed by atoms with Crippen LogP contribution in [0.15, 0.2) is 17.8 Å². The van der Waals surface area contributed by atoms with Gasteiger partial charge in [0.2, 0.25) is 11.8 Å². The highest BCUT2D eigenvalue weighted by atomic mass is 16.5. The summed E-state index contributed by atoms with van der Waals surface area (Å²) in [6.07, 6.45) is 11.8. The predicted octanol–water partition coefficient (Wildman–Crippen LogP) is 0.696. The van der Waals surface area contributed by atoms with E-state index < -0.39 is 11.5 Å². The number of amides is 3. The molecule has 3 saturated carbocycles. The van der Waals surface area contributed by atoms with Crippen LogP contribution in [0.3, 0.4) is 0 Å². The molecule has 0 bridgehead atoms. The van der Waals surface area contributed by atoms with Crippen molar-refractivity contribution < 1.29 is 39.5 Å². The van der Waals surface area contributed by atoms with Gasteiger partial charge in [0.1, 0.15) is 17.8 Å². The van der Waals surface area contributed by atoms with Crippen LogP contribution >= 0.6 is 0 Å². The van der Waals surface area contributed by atoms with Crippen LogP contribution in [-0.4, -0.2) is 120 Å². The van der Waals surface area contributed by atoms with Crippen molar-refractivity contribution in [1.29, 1.82) is 0 Å². The molecule has 14 nitrogen and oxygen atoms in total. The summed E-state index contributed by atoms with van der Waals surface area (Å²) >= 11 is 0. The summed E-state index contributed by atoms with van der Waals surface area (Å²) in [6.45, 7) is 6.49. The lowest BCUT2D eigenvalue weighted by Crippen LogP contribution is -2.62. The van der Waals surface area contributed by atoms with Crippen molar-refractivity contribution in [2.45, 2.75) is 83.8 Å². The summed E-state index contributed by atoms with van der Waals surface area (Å²) in [4.78, 5) is 52.6. The summed E-state index contributed by atoms with van der Waals surface area (Å²) in [6, 6.07) is 0. The van der Waals surface area contributed by atoms with E-state index in [4.69, 9.17) is 9.47 Å². The van der Waals surface area contributed by atoms with Gasteiger partial charge in [-0.05, 0) is 87.2 Å². The molecule has 5 rings (SSSR count). The Bertz CT molecular complexity index is 1430. The Labute approximate surface area is 295 Å². The fourth-order valence-electron chi connectivity index (χ4n) is 9.73. The van der Waals surface area contributed by atoms with Crippen molar-refractivity contribution in [2.75, 3.05) is 66.7 Å². The van der Waals surface area contributed by atoms with E-state index in [2.05, 4.69) is 35.2 Å². The number of ether oxygens (including phenoxy) is 2. The molecule has 278 valence electrons. The van der Waals surface area contributed by atoms with Crippen molar-refractivity contribution in [2.24, 2.45) is 28.6 Å². The number of carbonyl (C=O) groups excluding carboxylic acids is 4. The summed E-state index contributed by atoms with van der Waals surface area (Å²) < 4.78 is 12.0. The number of aryl methyl sites for hydroxylation is 1. The topological polar surface area (TPSA) is 184 Å². The Kier molecular flexibility index (Phi) is 12.3. The number of fused-ring (bicyclic) bond motifs is 5. The van der Waals surface area contributed by atoms with Gasteiger partial charge in [0.05, 0.1) is 32.5 Å². The van der Waals surface area contributed by atoms with Gasteiger partial charge in [-0.3, -0.25) is 24.8 Å². The van der Waals surface area contributed by atoms with Gasteiger partial charge in [0.15, 0.2) is 5.78 Å². The number of aliphatic hydroxyl groups is 1. The highest BCUT2D eigenvalue weighted by molar-refractivity contribution is 5.91. The maximum absolute atomic E-state index is 13.1. The number of ketones is 1. The molecule has 5 N–H and O–H groups in total. The minimum Gasteiger partial charge on any atom is -0.383 e. The van der Waals surface area contributed by atoms with E-state index in [0.717, 1.165) is 38.5 Å². The SMILES string of the molecule is COCCN(CC([NH3+])=O)C(=O)CN(CCOC)C(=O)CNCCCn1cc(C2(O)CCC3C4CCC5=CC(=O)CCC5(C)C4CCC32C)nn1. The van der Waals surface area contributed by atoms with Gasteiger partial charge >= 0.3 is 5.91 Å². The number of hydrogen-bond donors (Lipinski definition) is 3. The maximum atomic E-state index is 13.1. The van der Waals surface area contributed by atoms with Crippen molar-refractivity contribution >= 4 is 23.5 Å². The van der Waals surface area contributed by atoms with Crippen LogP contribution in [0.2, 0.25) is 0 Å². The van der Waals surface area contributed by atoms with Crippen LogP contribution in [0.5, 0.6) is 0 Å². The zero-order valence-electron chi connectivity index (χ0n) is 30.5. The molecule has 0 saturated heterocycles. The molecule has 1 heterocycles. The van der Waals surface area contributed by atoms with Gasteiger partial charge in [-0.1, -0.05) is 24.6 Å². The Morgan fingerprint density at radius 2 is 1.70 bits per heavy atom. The Morgan fingerprint density at radius 1 is 1.00 bits per heavy atom. The van der Waals surface area contributed by atoms with Crippen LogP contribution in [0.4, 0.5) is 0 Å². The quantitative estimate of drug-likeness (QED) is 0.196. The Morgan fingerprint density at radius 3 is 2.40 bits per heavy atom. The van der Waals surface area contributed by atoms with E-state index >= 15 is 0 Å². The predicted molar refractivity (Wildman–Crippen MR) is 183 cm³/mol. The third kappa shape index (κ3) is 7.74. The number of rotatable bonds is 17. The largest absolute Gasteiger partial charge is 0.383 e. The lowest BCUT2D eigenvalue weighted by atomic mass is 9.46. The lowest BCUT2D eigenvalue weighted by Gasteiger charge is -2.59. The van der Waals surface area contributed by atoms with Crippen molar-refractivity contribution in [3.8, 4) is 0 Å². The smallest absolute Gasteiger partial charge is 0.328 e. The number of nitrogens with one attached hydrogen (secondary N) is 1. The van der Waals surface area contributed by atoms with E-state index in [0.29, 0.717) is 55.8 Å². The molecule has 4 aliphatic carbocycles. The molecule has 1 aromatic heterocycles. The number of methoxy groups -OCH3 is 2. The van der Waals surface area contributed by atoms with Crippen LogP contribution in [0.1, 0.15) is 77.3 Å². The van der Waals surface area contributed by atoms with Crippen molar-refractivity contribution in [1.82, 2.24) is 30.1 Å². The average Bonchev–Trinajstić information content (AvgIpc) is 3.67. The third-order valence-electron chi connectivity index (χ3n) is 12.6. The number of aromatic nitrogens is 3. The molecule has 50 heavy (non-hydrogen) atoms. The zero-order valence-corrected chi connectivity index (χ0v) is 30.5. The Hall–Kier alpha value is -3.04. The maximum Gasteiger partial charge on any atom is 0.328 e. The normalized spacial score (nSPS) is 30.2. The van der Waals surface area contributed by atoms with Gasteiger partial charge in [-0.2, -0.15) is 0 Å². The van der Waals surface area contributed by atoms with E-state index in [1.807, 2.05) is 12.3 Å². The minimum absolute atomic E-state index is 0.0419. The number of hydrogen-bond acceptors (Lipinski definition) is 10. The van der Waals surface area contributed by atoms with Crippen LogP contribution in [0.25, 0.3) is 0 Å². The van der Waals surface area contributed by atoms with Crippen LogP contribution in [-0.2, 0) is 40.8 Å². The first-order valence-corrected chi connectivity index (χ1v) is 18.3. The van der Waals surface area contributed by atoms with Gasteiger partial charge < -0.3 is 29.7 Å².